The lowest BCUT2D eigenvalue weighted by Gasteiger charge is -2.16. The predicted molar refractivity (Wildman–Crippen MR) is 77.2 cm³/mol. The van der Waals surface area contributed by atoms with Crippen molar-refractivity contribution in [1.82, 2.24) is 9.78 Å². The molecule has 0 aliphatic heterocycles. The smallest absolute Gasteiger partial charge is 0.129 e. The summed E-state index contributed by atoms with van der Waals surface area (Å²) < 4.78 is 8.08. The molecule has 2 N–H and O–H groups in total. The van der Waals surface area contributed by atoms with Gasteiger partial charge in [-0.3, -0.25) is 4.68 Å². The lowest BCUT2D eigenvalue weighted by molar-refractivity contribution is 0.416. The van der Waals surface area contributed by atoms with E-state index >= 15 is 0 Å². The third-order valence-corrected chi connectivity index (χ3v) is 4.31. The summed E-state index contributed by atoms with van der Waals surface area (Å²) in [6.07, 6.45) is 1.79. The van der Waals surface area contributed by atoms with Gasteiger partial charge in [0.25, 0.3) is 0 Å². The van der Waals surface area contributed by atoms with Crippen LogP contribution in [0.4, 0.5) is 0 Å². The van der Waals surface area contributed by atoms with E-state index in [1.807, 2.05) is 16.1 Å². The summed E-state index contributed by atoms with van der Waals surface area (Å²) >= 11 is 5.11. The molecule has 2 rings (SSSR count). The summed E-state index contributed by atoms with van der Waals surface area (Å²) in [5, 5.41) is 6.31. The molecule has 6 heteroatoms. The molecule has 4 nitrogen and oxygen atoms in total. The molecular weight excluding hydrogens is 314 g/mol. The van der Waals surface area contributed by atoms with Gasteiger partial charge in [0.2, 0.25) is 0 Å². The van der Waals surface area contributed by atoms with Crippen molar-refractivity contribution < 1.29 is 4.74 Å². The molecule has 2 aromatic rings. The predicted octanol–water partition coefficient (Wildman–Crippen LogP) is 3.34. The highest BCUT2D eigenvalue weighted by molar-refractivity contribution is 9.10. The van der Waals surface area contributed by atoms with Gasteiger partial charge in [0.15, 0.2) is 0 Å². The largest absolute Gasteiger partial charge is 0.496 e. The first kappa shape index (κ1) is 13.6. The normalized spacial score (nSPS) is 13.0. The standard InChI is InChI=1S/C12H16BrN3OS/c1-7(2)16-12(9(13)5-15-16)11(14)10-4-8(17-3)6-18-10/h4-7,11H,14H2,1-3H3. The molecule has 0 fully saturated rings. The van der Waals surface area contributed by atoms with E-state index in [4.69, 9.17) is 10.5 Å². The second-order valence-corrected chi connectivity index (χ2v) is 6.08. The number of thiophene rings is 1. The number of rotatable bonds is 4. The first-order valence-corrected chi connectivity index (χ1v) is 7.32. The number of methoxy groups -OCH3 is 1. The number of hydrogen-bond acceptors (Lipinski definition) is 4. The van der Waals surface area contributed by atoms with Gasteiger partial charge in [0.1, 0.15) is 5.75 Å². The van der Waals surface area contributed by atoms with E-state index in [0.29, 0.717) is 0 Å². The highest BCUT2D eigenvalue weighted by Crippen LogP contribution is 2.33. The second-order valence-electron chi connectivity index (χ2n) is 4.28. The van der Waals surface area contributed by atoms with Gasteiger partial charge in [-0.2, -0.15) is 5.10 Å². The Labute approximate surface area is 119 Å². The van der Waals surface area contributed by atoms with Crippen molar-refractivity contribution in [2.75, 3.05) is 7.11 Å². The van der Waals surface area contributed by atoms with Crippen LogP contribution >= 0.6 is 27.3 Å². The van der Waals surface area contributed by atoms with E-state index in [1.54, 1.807) is 24.6 Å². The molecule has 0 aliphatic rings. The third kappa shape index (κ3) is 2.46. The average molecular weight is 330 g/mol. The number of ether oxygens (including phenoxy) is 1. The number of aromatic nitrogens is 2. The number of nitrogens with zero attached hydrogens (tertiary/aromatic N) is 2. The lowest BCUT2D eigenvalue weighted by atomic mass is 10.1. The van der Waals surface area contributed by atoms with Crippen molar-refractivity contribution in [3.05, 3.63) is 32.7 Å². The fourth-order valence-electron chi connectivity index (χ4n) is 1.79. The Hall–Kier alpha value is -0.850. The maximum atomic E-state index is 6.33. The van der Waals surface area contributed by atoms with E-state index in [1.165, 1.54) is 0 Å². The van der Waals surface area contributed by atoms with Crippen LogP contribution in [0, 0.1) is 0 Å². The van der Waals surface area contributed by atoms with Gasteiger partial charge in [-0.05, 0) is 35.8 Å². The van der Waals surface area contributed by atoms with Crippen LogP contribution in [0.3, 0.4) is 0 Å². The SMILES string of the molecule is COc1csc(C(N)c2c(Br)cnn2C(C)C)c1. The minimum atomic E-state index is -0.196. The zero-order valence-electron chi connectivity index (χ0n) is 10.6. The van der Waals surface area contributed by atoms with Gasteiger partial charge in [-0.1, -0.05) is 0 Å². The van der Waals surface area contributed by atoms with Gasteiger partial charge < -0.3 is 10.5 Å². The molecule has 0 aliphatic carbocycles. The number of halogens is 1. The molecule has 2 heterocycles. The molecule has 18 heavy (non-hydrogen) atoms. The Morgan fingerprint density at radius 2 is 2.22 bits per heavy atom. The van der Waals surface area contributed by atoms with Crippen molar-refractivity contribution in [2.45, 2.75) is 25.9 Å². The summed E-state index contributed by atoms with van der Waals surface area (Å²) in [6.45, 7) is 4.18. The maximum absolute atomic E-state index is 6.33. The quantitative estimate of drug-likeness (QED) is 0.935. The molecule has 1 atom stereocenters. The molecule has 0 saturated carbocycles. The van der Waals surface area contributed by atoms with Crippen LogP contribution in [0.5, 0.6) is 5.75 Å². The van der Waals surface area contributed by atoms with Crippen molar-refractivity contribution in [3.63, 3.8) is 0 Å². The zero-order valence-corrected chi connectivity index (χ0v) is 13.0. The van der Waals surface area contributed by atoms with E-state index in [0.717, 1.165) is 20.8 Å². The molecule has 2 aromatic heterocycles. The Morgan fingerprint density at radius 3 is 2.78 bits per heavy atom. The molecule has 0 saturated heterocycles. The zero-order chi connectivity index (χ0) is 13.3. The first-order valence-electron chi connectivity index (χ1n) is 5.65. The van der Waals surface area contributed by atoms with Gasteiger partial charge in [0, 0.05) is 16.3 Å². The fraction of sp³-hybridized carbons (Fsp3) is 0.417. The Morgan fingerprint density at radius 1 is 1.50 bits per heavy atom. The first-order chi connectivity index (χ1) is 8.54. The minimum Gasteiger partial charge on any atom is -0.496 e. The summed E-state index contributed by atoms with van der Waals surface area (Å²) in [4.78, 5) is 1.06. The Kier molecular flexibility index (Phi) is 4.09. The summed E-state index contributed by atoms with van der Waals surface area (Å²) in [5.41, 5.74) is 7.33. The summed E-state index contributed by atoms with van der Waals surface area (Å²) in [7, 11) is 1.66. The van der Waals surface area contributed by atoms with E-state index in [9.17, 15) is 0 Å². The molecular formula is C12H16BrN3OS. The molecule has 0 bridgehead atoms. The monoisotopic (exact) mass is 329 g/mol. The fourth-order valence-corrected chi connectivity index (χ4v) is 3.17. The maximum Gasteiger partial charge on any atom is 0.129 e. The van der Waals surface area contributed by atoms with Gasteiger partial charge >= 0.3 is 0 Å². The number of hydrogen-bond donors (Lipinski definition) is 1. The Bertz CT molecular complexity index is 535. The van der Waals surface area contributed by atoms with Crippen LogP contribution in [-0.2, 0) is 0 Å². The van der Waals surface area contributed by atoms with E-state index in [-0.39, 0.29) is 12.1 Å². The van der Waals surface area contributed by atoms with Crippen molar-refractivity contribution >= 4 is 27.3 Å². The van der Waals surface area contributed by atoms with Gasteiger partial charge in [-0.25, -0.2) is 0 Å². The van der Waals surface area contributed by atoms with Crippen molar-refractivity contribution in [2.24, 2.45) is 5.73 Å². The highest BCUT2D eigenvalue weighted by atomic mass is 79.9. The summed E-state index contributed by atoms with van der Waals surface area (Å²) in [5.74, 6) is 0.845. The van der Waals surface area contributed by atoms with Crippen LogP contribution in [0.25, 0.3) is 0 Å². The van der Waals surface area contributed by atoms with E-state index in [2.05, 4.69) is 34.9 Å². The van der Waals surface area contributed by atoms with Gasteiger partial charge in [0.05, 0.1) is 29.5 Å². The minimum absolute atomic E-state index is 0.196. The van der Waals surface area contributed by atoms with Crippen LogP contribution in [0.15, 0.2) is 22.1 Å². The molecule has 0 amide bonds. The van der Waals surface area contributed by atoms with Crippen LogP contribution in [-0.4, -0.2) is 16.9 Å². The topological polar surface area (TPSA) is 53.1 Å². The van der Waals surface area contributed by atoms with Crippen molar-refractivity contribution in [3.8, 4) is 5.75 Å². The van der Waals surface area contributed by atoms with E-state index < -0.39 is 0 Å². The molecule has 0 aromatic carbocycles. The van der Waals surface area contributed by atoms with Crippen LogP contribution < -0.4 is 10.5 Å². The second kappa shape index (κ2) is 5.42. The molecule has 0 spiro atoms. The molecule has 0 radical (unpaired) electrons. The lowest BCUT2D eigenvalue weighted by Crippen LogP contribution is -2.18. The average Bonchev–Trinajstić information content (AvgIpc) is 2.94. The Balaban J connectivity index is 2.38. The van der Waals surface area contributed by atoms with Gasteiger partial charge in [-0.15, -0.1) is 11.3 Å². The third-order valence-electron chi connectivity index (χ3n) is 2.71. The molecule has 98 valence electrons. The van der Waals surface area contributed by atoms with Crippen LogP contribution in [0.1, 0.15) is 36.5 Å². The van der Waals surface area contributed by atoms with Crippen LogP contribution in [0.2, 0.25) is 0 Å². The molecule has 1 unspecified atom stereocenters. The summed E-state index contributed by atoms with van der Waals surface area (Å²) in [6, 6.07) is 2.05. The van der Waals surface area contributed by atoms with Crippen molar-refractivity contribution in [1.29, 1.82) is 0 Å². The highest BCUT2D eigenvalue weighted by Gasteiger charge is 2.21. The number of nitrogens with two attached hydrogens (primary N) is 1.